The lowest BCUT2D eigenvalue weighted by Crippen LogP contribution is -2.57. The molecule has 0 bridgehead atoms. The molecule has 31 heavy (non-hydrogen) atoms. The van der Waals surface area contributed by atoms with Crippen LogP contribution in [-0.4, -0.2) is 41.0 Å². The number of para-hydroxylation sites is 1. The maximum atomic E-state index is 12.9. The number of rotatable bonds is 4. The van der Waals surface area contributed by atoms with Crippen LogP contribution in [-0.2, 0) is 9.59 Å². The summed E-state index contributed by atoms with van der Waals surface area (Å²) < 4.78 is 6.28. The van der Waals surface area contributed by atoms with Crippen LogP contribution in [0.5, 0.6) is 5.75 Å². The Balaban J connectivity index is 1.49. The zero-order valence-corrected chi connectivity index (χ0v) is 16.8. The van der Waals surface area contributed by atoms with Crippen LogP contribution in [0.1, 0.15) is 35.2 Å². The third-order valence-electron chi connectivity index (χ3n) is 5.56. The molecule has 160 valence electrons. The Labute approximate surface area is 179 Å². The van der Waals surface area contributed by atoms with Gasteiger partial charge in [0.15, 0.2) is 5.78 Å². The molecule has 0 saturated carbocycles. The number of fused-ring (bicyclic) bond motifs is 1. The van der Waals surface area contributed by atoms with Crippen molar-refractivity contribution < 1.29 is 24.3 Å². The number of carbonyl (C=O) groups is 3. The minimum absolute atomic E-state index is 0.0628. The zero-order valence-electron chi connectivity index (χ0n) is 16.8. The van der Waals surface area contributed by atoms with Gasteiger partial charge >= 0.3 is 0 Å². The molecule has 4 N–H and O–H groups in total. The highest BCUT2D eigenvalue weighted by Crippen LogP contribution is 2.40. The van der Waals surface area contributed by atoms with Gasteiger partial charge in [-0.15, -0.1) is 0 Å². The fourth-order valence-electron chi connectivity index (χ4n) is 4.03. The van der Waals surface area contributed by atoms with Crippen molar-refractivity contribution in [2.75, 3.05) is 11.9 Å². The van der Waals surface area contributed by atoms with E-state index >= 15 is 0 Å². The van der Waals surface area contributed by atoms with Gasteiger partial charge in [-0.2, -0.15) is 0 Å². The standard InChI is InChI=1S/C23H23N3O5/c27-19-14-23(31-20-8-6-15(12-17(19)20)7-9-21(28)26-30)10-11-24-18(13-23)22(29)25-16-4-2-1-3-5-16/h1-9,12,18,24,30H,10-11,13-14H2,(H,25,29)(H,26,28)/b9-7+. The van der Waals surface area contributed by atoms with Crippen molar-refractivity contribution in [1.82, 2.24) is 10.8 Å². The number of ketones is 1. The van der Waals surface area contributed by atoms with Crippen molar-refractivity contribution in [3.63, 3.8) is 0 Å². The van der Waals surface area contributed by atoms with Crippen molar-refractivity contribution >= 4 is 29.4 Å². The van der Waals surface area contributed by atoms with Crippen LogP contribution in [0.3, 0.4) is 0 Å². The zero-order chi connectivity index (χ0) is 21.8. The smallest absolute Gasteiger partial charge is 0.267 e. The summed E-state index contributed by atoms with van der Waals surface area (Å²) >= 11 is 0. The van der Waals surface area contributed by atoms with E-state index in [-0.39, 0.29) is 18.1 Å². The van der Waals surface area contributed by atoms with Gasteiger partial charge in [-0.3, -0.25) is 19.6 Å². The van der Waals surface area contributed by atoms with Crippen molar-refractivity contribution in [2.24, 2.45) is 0 Å². The lowest BCUT2D eigenvalue weighted by molar-refractivity contribution is -0.124. The summed E-state index contributed by atoms with van der Waals surface area (Å²) in [5.74, 6) is -0.403. The van der Waals surface area contributed by atoms with Gasteiger partial charge in [0.1, 0.15) is 11.4 Å². The SMILES string of the molecule is O=C(/C=C/c1ccc2c(c1)C(=O)CC1(CCNC(C(=O)Nc3ccccc3)C1)O2)NO. The van der Waals surface area contributed by atoms with Gasteiger partial charge in [0.05, 0.1) is 18.0 Å². The molecule has 1 fully saturated rings. The third kappa shape index (κ3) is 4.65. The van der Waals surface area contributed by atoms with Crippen LogP contribution in [0.15, 0.2) is 54.6 Å². The minimum atomic E-state index is -0.734. The summed E-state index contributed by atoms with van der Waals surface area (Å²) in [4.78, 5) is 36.8. The van der Waals surface area contributed by atoms with E-state index in [2.05, 4.69) is 10.6 Å². The second-order valence-electron chi connectivity index (χ2n) is 7.77. The van der Waals surface area contributed by atoms with Gasteiger partial charge < -0.3 is 15.4 Å². The molecular weight excluding hydrogens is 398 g/mol. The Bertz CT molecular complexity index is 1040. The van der Waals surface area contributed by atoms with Crippen LogP contribution in [0.2, 0.25) is 0 Å². The Kier molecular flexibility index (Phi) is 5.83. The Morgan fingerprint density at radius 2 is 2.00 bits per heavy atom. The molecule has 2 aromatic rings. The maximum absolute atomic E-state index is 12.9. The van der Waals surface area contributed by atoms with E-state index in [1.165, 1.54) is 17.6 Å². The first-order valence-corrected chi connectivity index (χ1v) is 10.1. The molecule has 0 radical (unpaired) electrons. The molecule has 1 saturated heterocycles. The van der Waals surface area contributed by atoms with E-state index in [1.54, 1.807) is 18.2 Å². The molecule has 0 aliphatic carbocycles. The number of benzene rings is 2. The number of anilines is 1. The number of amides is 2. The molecule has 1 spiro atoms. The van der Waals surface area contributed by atoms with E-state index in [0.29, 0.717) is 36.3 Å². The van der Waals surface area contributed by atoms with E-state index in [1.807, 2.05) is 30.3 Å². The van der Waals surface area contributed by atoms with Crippen LogP contribution >= 0.6 is 0 Å². The lowest BCUT2D eigenvalue weighted by Gasteiger charge is -2.43. The first-order valence-electron chi connectivity index (χ1n) is 10.1. The summed E-state index contributed by atoms with van der Waals surface area (Å²) in [5.41, 5.74) is 2.59. The summed E-state index contributed by atoms with van der Waals surface area (Å²) in [6.07, 6.45) is 3.85. The summed E-state index contributed by atoms with van der Waals surface area (Å²) in [5, 5.41) is 14.7. The highest BCUT2D eigenvalue weighted by molar-refractivity contribution is 6.01. The first kappa shape index (κ1) is 20.8. The summed E-state index contributed by atoms with van der Waals surface area (Å²) in [6.45, 7) is 0.562. The van der Waals surface area contributed by atoms with E-state index in [9.17, 15) is 14.4 Å². The molecule has 2 heterocycles. The van der Waals surface area contributed by atoms with Crippen molar-refractivity contribution in [2.45, 2.75) is 30.9 Å². The van der Waals surface area contributed by atoms with E-state index < -0.39 is 17.6 Å². The second-order valence-corrected chi connectivity index (χ2v) is 7.77. The molecule has 2 aliphatic rings. The Morgan fingerprint density at radius 3 is 2.77 bits per heavy atom. The average Bonchev–Trinajstić information content (AvgIpc) is 2.78. The predicted molar refractivity (Wildman–Crippen MR) is 114 cm³/mol. The average molecular weight is 421 g/mol. The third-order valence-corrected chi connectivity index (χ3v) is 5.56. The fourth-order valence-corrected chi connectivity index (χ4v) is 4.03. The summed E-state index contributed by atoms with van der Waals surface area (Å²) in [7, 11) is 0. The van der Waals surface area contributed by atoms with Crippen LogP contribution < -0.4 is 20.9 Å². The quantitative estimate of drug-likeness (QED) is 0.342. The van der Waals surface area contributed by atoms with Gasteiger partial charge in [0.25, 0.3) is 5.91 Å². The van der Waals surface area contributed by atoms with Crippen LogP contribution in [0.4, 0.5) is 5.69 Å². The summed E-state index contributed by atoms with van der Waals surface area (Å²) in [6, 6.07) is 13.8. The maximum Gasteiger partial charge on any atom is 0.267 e. The molecule has 2 aromatic carbocycles. The van der Waals surface area contributed by atoms with Gasteiger partial charge in [-0.05, 0) is 42.4 Å². The highest BCUT2D eigenvalue weighted by Gasteiger charge is 2.45. The fraction of sp³-hybridized carbons (Fsp3) is 0.261. The molecule has 8 nitrogen and oxygen atoms in total. The molecule has 2 amide bonds. The monoisotopic (exact) mass is 421 g/mol. The lowest BCUT2D eigenvalue weighted by atomic mass is 9.79. The highest BCUT2D eigenvalue weighted by atomic mass is 16.5. The molecule has 4 rings (SSSR count). The number of hydrogen-bond donors (Lipinski definition) is 4. The number of piperidine rings is 1. The molecule has 2 aliphatic heterocycles. The number of carbonyl (C=O) groups excluding carboxylic acids is 3. The van der Waals surface area contributed by atoms with Crippen molar-refractivity contribution in [3.05, 3.63) is 65.7 Å². The normalized spacial score (nSPS) is 22.6. The predicted octanol–water partition coefficient (Wildman–Crippen LogP) is 2.30. The molecule has 8 heteroatoms. The second kappa shape index (κ2) is 8.71. The molecular formula is C23H23N3O5. The Morgan fingerprint density at radius 1 is 1.19 bits per heavy atom. The largest absolute Gasteiger partial charge is 0.486 e. The topological polar surface area (TPSA) is 117 Å². The number of hydroxylamine groups is 1. The number of ether oxygens (including phenoxy) is 1. The Hall–Kier alpha value is -3.49. The molecule has 0 aromatic heterocycles. The number of hydrogen-bond acceptors (Lipinski definition) is 6. The molecule has 2 unspecified atom stereocenters. The van der Waals surface area contributed by atoms with E-state index in [4.69, 9.17) is 9.94 Å². The first-order chi connectivity index (χ1) is 15.0. The van der Waals surface area contributed by atoms with Gasteiger partial charge in [-0.25, -0.2) is 5.48 Å². The molecule has 2 atom stereocenters. The number of nitrogens with one attached hydrogen (secondary N) is 3. The van der Waals surface area contributed by atoms with Crippen LogP contribution in [0, 0.1) is 0 Å². The van der Waals surface area contributed by atoms with Crippen LogP contribution in [0.25, 0.3) is 6.08 Å². The minimum Gasteiger partial charge on any atom is -0.486 e. The van der Waals surface area contributed by atoms with Gasteiger partial charge in [-0.1, -0.05) is 24.3 Å². The number of Topliss-reactive ketones (excluding diaryl/α,β-unsaturated/α-hetero) is 1. The van der Waals surface area contributed by atoms with Gasteiger partial charge in [0, 0.05) is 24.6 Å². The van der Waals surface area contributed by atoms with Crippen molar-refractivity contribution in [3.8, 4) is 5.75 Å². The van der Waals surface area contributed by atoms with E-state index in [0.717, 1.165) is 5.69 Å². The van der Waals surface area contributed by atoms with Gasteiger partial charge in [0.2, 0.25) is 5.91 Å². The van der Waals surface area contributed by atoms with Crippen molar-refractivity contribution in [1.29, 1.82) is 0 Å².